The van der Waals surface area contributed by atoms with Gasteiger partial charge in [0.1, 0.15) is 0 Å². The van der Waals surface area contributed by atoms with E-state index in [1.807, 2.05) is 0 Å². The van der Waals surface area contributed by atoms with E-state index >= 15 is 0 Å². The van der Waals surface area contributed by atoms with Gasteiger partial charge in [-0.3, -0.25) is 4.79 Å². The summed E-state index contributed by atoms with van der Waals surface area (Å²) in [4.78, 5) is 14.7. The highest BCUT2D eigenvalue weighted by Gasteiger charge is 2.38. The van der Waals surface area contributed by atoms with E-state index in [1.165, 1.54) is 25.7 Å². The van der Waals surface area contributed by atoms with Crippen molar-refractivity contribution in [2.24, 2.45) is 23.0 Å². The van der Waals surface area contributed by atoms with Gasteiger partial charge in [-0.25, -0.2) is 0 Å². The number of carbonyl (C=O) groups is 1. The molecule has 3 nitrogen and oxygen atoms in total. The minimum atomic E-state index is 0.269. The van der Waals surface area contributed by atoms with E-state index in [0.717, 1.165) is 25.3 Å². The molecule has 2 rings (SSSR count). The van der Waals surface area contributed by atoms with Crippen LogP contribution in [0.3, 0.4) is 0 Å². The first-order valence-electron chi connectivity index (χ1n) is 7.94. The Morgan fingerprint density at radius 3 is 2.11 bits per heavy atom. The molecule has 0 radical (unpaired) electrons. The van der Waals surface area contributed by atoms with Crippen molar-refractivity contribution in [3.05, 3.63) is 0 Å². The minimum absolute atomic E-state index is 0.269. The maximum Gasteiger partial charge on any atom is 0.225 e. The zero-order valence-electron chi connectivity index (χ0n) is 12.8. The maximum atomic E-state index is 12.6. The lowest BCUT2D eigenvalue weighted by Crippen LogP contribution is -2.42. The van der Waals surface area contributed by atoms with Crippen LogP contribution in [0, 0.1) is 17.3 Å². The fourth-order valence-corrected chi connectivity index (χ4v) is 3.44. The molecule has 0 heterocycles. The average Bonchev–Trinajstić information content (AvgIpc) is 3.18. The van der Waals surface area contributed by atoms with Crippen LogP contribution < -0.4 is 5.73 Å². The lowest BCUT2D eigenvalue weighted by molar-refractivity contribution is -0.137. The molecule has 0 bridgehead atoms. The van der Waals surface area contributed by atoms with Crippen LogP contribution in [0.5, 0.6) is 0 Å². The Hall–Kier alpha value is -0.570. The first kappa shape index (κ1) is 14.8. The van der Waals surface area contributed by atoms with Crippen LogP contribution in [0.2, 0.25) is 0 Å². The van der Waals surface area contributed by atoms with Crippen LogP contribution in [0.1, 0.15) is 59.3 Å². The molecule has 0 saturated heterocycles. The average molecular weight is 266 g/mol. The van der Waals surface area contributed by atoms with Crippen molar-refractivity contribution in [1.82, 2.24) is 4.90 Å². The van der Waals surface area contributed by atoms with E-state index in [9.17, 15) is 4.79 Å². The maximum absolute atomic E-state index is 12.6. The molecule has 1 amide bonds. The van der Waals surface area contributed by atoms with Gasteiger partial charge in [0.15, 0.2) is 0 Å². The molecule has 0 unspecified atom stereocenters. The van der Waals surface area contributed by atoms with Crippen LogP contribution in [-0.2, 0) is 4.79 Å². The van der Waals surface area contributed by atoms with E-state index < -0.39 is 0 Å². The smallest absolute Gasteiger partial charge is 0.225 e. The highest BCUT2D eigenvalue weighted by Crippen LogP contribution is 2.41. The zero-order chi connectivity index (χ0) is 14.0. The summed E-state index contributed by atoms with van der Waals surface area (Å²) >= 11 is 0. The summed E-state index contributed by atoms with van der Waals surface area (Å²) < 4.78 is 0. The van der Waals surface area contributed by atoms with Crippen molar-refractivity contribution in [3.8, 4) is 0 Å². The van der Waals surface area contributed by atoms with Gasteiger partial charge < -0.3 is 10.6 Å². The topological polar surface area (TPSA) is 46.3 Å². The summed E-state index contributed by atoms with van der Waals surface area (Å²) in [5.74, 6) is 1.44. The van der Waals surface area contributed by atoms with Crippen molar-refractivity contribution < 1.29 is 4.79 Å². The molecule has 2 saturated carbocycles. The van der Waals surface area contributed by atoms with Gasteiger partial charge in [0.25, 0.3) is 0 Å². The second kappa shape index (κ2) is 5.82. The molecule has 0 aromatic heterocycles. The summed E-state index contributed by atoms with van der Waals surface area (Å²) in [6.07, 6.45) is 6.94. The van der Waals surface area contributed by atoms with Crippen molar-refractivity contribution in [3.63, 3.8) is 0 Å². The monoisotopic (exact) mass is 266 g/mol. The highest BCUT2D eigenvalue weighted by atomic mass is 16.2. The SMILES string of the molecule is CC(C)(C)C1CCC(C(=O)N(CCN)C2CC2)CC1. The molecule has 2 N–H and O–H groups in total. The number of nitrogens with two attached hydrogens (primary N) is 1. The second-order valence-corrected chi connectivity index (χ2v) is 7.47. The Morgan fingerprint density at radius 2 is 1.68 bits per heavy atom. The van der Waals surface area contributed by atoms with Crippen LogP contribution in [0.15, 0.2) is 0 Å². The summed E-state index contributed by atoms with van der Waals surface area (Å²) in [5.41, 5.74) is 6.04. The standard InChI is InChI=1S/C16H30N2O/c1-16(2,3)13-6-4-12(5-7-13)15(19)18(11-10-17)14-8-9-14/h12-14H,4-11,17H2,1-3H3. The highest BCUT2D eigenvalue weighted by molar-refractivity contribution is 5.79. The zero-order valence-corrected chi connectivity index (χ0v) is 12.8. The van der Waals surface area contributed by atoms with E-state index in [1.54, 1.807) is 0 Å². The Balaban J connectivity index is 1.87. The van der Waals surface area contributed by atoms with Crippen molar-refractivity contribution in [2.75, 3.05) is 13.1 Å². The number of hydrogen-bond donors (Lipinski definition) is 1. The molecule has 0 spiro atoms. The van der Waals surface area contributed by atoms with Gasteiger partial charge >= 0.3 is 0 Å². The van der Waals surface area contributed by atoms with E-state index in [2.05, 4.69) is 25.7 Å². The Morgan fingerprint density at radius 1 is 1.11 bits per heavy atom. The normalized spacial score (nSPS) is 28.2. The summed E-state index contributed by atoms with van der Waals surface area (Å²) in [6.45, 7) is 8.32. The molecule has 2 fully saturated rings. The van der Waals surface area contributed by atoms with E-state index in [-0.39, 0.29) is 5.92 Å². The molecule has 110 valence electrons. The van der Waals surface area contributed by atoms with Gasteiger partial charge in [0, 0.05) is 25.0 Å². The lowest BCUT2D eigenvalue weighted by Gasteiger charge is -2.38. The van der Waals surface area contributed by atoms with Crippen molar-refractivity contribution in [2.45, 2.75) is 65.3 Å². The quantitative estimate of drug-likeness (QED) is 0.850. The summed E-state index contributed by atoms with van der Waals surface area (Å²) in [6, 6.07) is 0.511. The van der Waals surface area contributed by atoms with Crippen LogP contribution >= 0.6 is 0 Å². The van der Waals surface area contributed by atoms with Crippen LogP contribution in [0.25, 0.3) is 0 Å². The molecular weight excluding hydrogens is 236 g/mol. The number of carbonyl (C=O) groups excluding carboxylic acids is 1. The number of hydrogen-bond acceptors (Lipinski definition) is 2. The molecule has 0 atom stereocenters. The fourth-order valence-electron chi connectivity index (χ4n) is 3.44. The molecule has 0 aliphatic heterocycles. The molecule has 19 heavy (non-hydrogen) atoms. The van der Waals surface area contributed by atoms with Crippen LogP contribution in [-0.4, -0.2) is 29.9 Å². The molecule has 2 aliphatic rings. The third kappa shape index (κ3) is 3.71. The third-order valence-corrected chi connectivity index (χ3v) is 4.94. The summed E-state index contributed by atoms with van der Waals surface area (Å²) in [7, 11) is 0. The molecule has 3 heteroatoms. The molecule has 0 aromatic rings. The van der Waals surface area contributed by atoms with Gasteiger partial charge in [0.2, 0.25) is 5.91 Å². The Bertz CT molecular complexity index is 309. The Kier molecular flexibility index (Phi) is 4.54. The second-order valence-electron chi connectivity index (χ2n) is 7.47. The van der Waals surface area contributed by atoms with Crippen molar-refractivity contribution >= 4 is 5.91 Å². The number of nitrogens with zero attached hydrogens (tertiary/aromatic N) is 1. The molecular formula is C16H30N2O. The predicted octanol–water partition coefficient (Wildman–Crippen LogP) is 2.79. The largest absolute Gasteiger partial charge is 0.338 e. The van der Waals surface area contributed by atoms with E-state index in [4.69, 9.17) is 5.73 Å². The van der Waals surface area contributed by atoms with E-state index in [0.29, 0.717) is 23.9 Å². The summed E-state index contributed by atoms with van der Waals surface area (Å²) in [5, 5.41) is 0. The Labute approximate surface area is 117 Å². The van der Waals surface area contributed by atoms with Gasteiger partial charge in [-0.15, -0.1) is 0 Å². The first-order chi connectivity index (χ1) is 8.93. The van der Waals surface area contributed by atoms with Crippen molar-refractivity contribution in [1.29, 1.82) is 0 Å². The third-order valence-electron chi connectivity index (χ3n) is 4.94. The minimum Gasteiger partial charge on any atom is -0.338 e. The first-order valence-corrected chi connectivity index (χ1v) is 7.94. The predicted molar refractivity (Wildman–Crippen MR) is 78.7 cm³/mol. The van der Waals surface area contributed by atoms with Gasteiger partial charge in [0.05, 0.1) is 0 Å². The lowest BCUT2D eigenvalue weighted by atomic mass is 9.69. The van der Waals surface area contributed by atoms with Crippen LogP contribution in [0.4, 0.5) is 0 Å². The molecule has 2 aliphatic carbocycles. The van der Waals surface area contributed by atoms with Gasteiger partial charge in [-0.2, -0.15) is 0 Å². The fraction of sp³-hybridized carbons (Fsp3) is 0.938. The van der Waals surface area contributed by atoms with Gasteiger partial charge in [-0.1, -0.05) is 20.8 Å². The van der Waals surface area contributed by atoms with Gasteiger partial charge in [-0.05, 0) is 49.9 Å². The number of rotatable bonds is 4. The molecule has 0 aromatic carbocycles. The number of amides is 1.